The molecule has 0 saturated heterocycles. The highest BCUT2D eigenvalue weighted by Crippen LogP contribution is 2.60. The van der Waals surface area contributed by atoms with Gasteiger partial charge in [0, 0.05) is 22.4 Å². The summed E-state index contributed by atoms with van der Waals surface area (Å²) in [5.74, 6) is 0. The SMILES string of the molecule is CC1(C)c2ccc(-c3ccccc3)cc2-c2c(N(c3ccc4c(c3)C(c3ccccc3)(c3ccccc3)c3ccccc3-4)c3ccc4ccccc4c3)cc3ccccc3c21. The average molecular weight is 778 g/mol. The monoisotopic (exact) mass is 777 g/mol. The molecule has 0 aromatic heterocycles. The van der Waals surface area contributed by atoms with Crippen LogP contribution in [0.2, 0.25) is 0 Å². The Bertz CT molecular complexity index is 3290. The van der Waals surface area contributed by atoms with E-state index in [9.17, 15) is 0 Å². The summed E-state index contributed by atoms with van der Waals surface area (Å²) >= 11 is 0. The summed E-state index contributed by atoms with van der Waals surface area (Å²) in [5, 5.41) is 4.98. The third-order valence-electron chi connectivity index (χ3n) is 13.7. The number of anilines is 3. The Hall–Kier alpha value is -7.48. The van der Waals surface area contributed by atoms with Crippen molar-refractivity contribution < 1.29 is 0 Å². The first-order valence-corrected chi connectivity index (χ1v) is 21.4. The summed E-state index contributed by atoms with van der Waals surface area (Å²) in [5.41, 5.74) is 18.1. The summed E-state index contributed by atoms with van der Waals surface area (Å²) in [6.07, 6.45) is 0. The molecule has 2 aliphatic rings. The van der Waals surface area contributed by atoms with Gasteiger partial charge >= 0.3 is 0 Å². The fourth-order valence-corrected chi connectivity index (χ4v) is 11.0. The molecule has 0 fully saturated rings. The highest BCUT2D eigenvalue weighted by atomic mass is 15.1. The number of hydrogen-bond donors (Lipinski definition) is 0. The molecule has 10 aromatic carbocycles. The zero-order chi connectivity index (χ0) is 40.7. The molecule has 0 N–H and O–H groups in total. The molecule has 61 heavy (non-hydrogen) atoms. The largest absolute Gasteiger partial charge is 0.310 e. The lowest BCUT2D eigenvalue weighted by molar-refractivity contribution is 0.666. The average Bonchev–Trinajstić information content (AvgIpc) is 3.75. The second kappa shape index (κ2) is 13.5. The minimum atomic E-state index is -0.524. The van der Waals surface area contributed by atoms with Crippen LogP contribution in [0, 0.1) is 0 Å². The summed E-state index contributed by atoms with van der Waals surface area (Å²) < 4.78 is 0. The first kappa shape index (κ1) is 35.5. The van der Waals surface area contributed by atoms with Crippen molar-refractivity contribution in [3.05, 3.63) is 258 Å². The van der Waals surface area contributed by atoms with Crippen LogP contribution >= 0.6 is 0 Å². The van der Waals surface area contributed by atoms with Gasteiger partial charge in [-0.3, -0.25) is 0 Å². The molecule has 12 rings (SSSR count). The molecule has 0 unspecified atom stereocenters. The predicted molar refractivity (Wildman–Crippen MR) is 256 cm³/mol. The predicted octanol–water partition coefficient (Wildman–Crippen LogP) is 15.8. The second-order valence-electron chi connectivity index (χ2n) is 17.2. The van der Waals surface area contributed by atoms with E-state index in [-0.39, 0.29) is 5.41 Å². The molecule has 0 spiro atoms. The molecule has 0 saturated carbocycles. The van der Waals surface area contributed by atoms with Crippen molar-refractivity contribution >= 4 is 38.6 Å². The lowest BCUT2D eigenvalue weighted by Gasteiger charge is -2.35. The quantitative estimate of drug-likeness (QED) is 0.163. The van der Waals surface area contributed by atoms with Gasteiger partial charge in [0.2, 0.25) is 0 Å². The standard InChI is InChI=1S/C60H43N/c1-59(2)53-35-31-43(40-18-6-3-7-19-40)37-52(53)57-56(38-44-22-14-15-27-49(44)58(57)59)61(47-32-30-41-20-12-13-21-42(41)36-47)48-33-34-51-50-28-16-17-29-54(50)60(55(51)39-48,45-23-8-4-9-24-45)46-25-10-5-11-26-46/h3-39H,1-2H3. The van der Waals surface area contributed by atoms with Gasteiger partial charge < -0.3 is 4.90 Å². The Morgan fingerprint density at radius 1 is 0.361 bits per heavy atom. The zero-order valence-corrected chi connectivity index (χ0v) is 34.3. The van der Waals surface area contributed by atoms with Crippen LogP contribution in [-0.2, 0) is 10.8 Å². The molecule has 10 aromatic rings. The molecule has 1 nitrogen and oxygen atoms in total. The van der Waals surface area contributed by atoms with E-state index in [2.05, 4.69) is 243 Å². The van der Waals surface area contributed by atoms with Crippen LogP contribution in [0.5, 0.6) is 0 Å². The van der Waals surface area contributed by atoms with E-state index in [1.807, 2.05) is 0 Å². The Kier molecular flexibility index (Phi) is 7.86. The minimum Gasteiger partial charge on any atom is -0.310 e. The highest BCUT2D eigenvalue weighted by Gasteiger charge is 2.47. The van der Waals surface area contributed by atoms with Crippen molar-refractivity contribution in [2.24, 2.45) is 0 Å². The first-order valence-electron chi connectivity index (χ1n) is 21.4. The molecule has 0 atom stereocenters. The van der Waals surface area contributed by atoms with Crippen molar-refractivity contribution in [3.63, 3.8) is 0 Å². The van der Waals surface area contributed by atoms with Gasteiger partial charge in [0.05, 0.1) is 11.1 Å². The molecule has 2 aliphatic carbocycles. The molecule has 0 radical (unpaired) electrons. The smallest absolute Gasteiger partial charge is 0.0714 e. The van der Waals surface area contributed by atoms with Crippen molar-refractivity contribution in [2.75, 3.05) is 4.90 Å². The van der Waals surface area contributed by atoms with Gasteiger partial charge in [-0.05, 0) is 119 Å². The van der Waals surface area contributed by atoms with Crippen molar-refractivity contribution in [2.45, 2.75) is 24.7 Å². The van der Waals surface area contributed by atoms with E-state index >= 15 is 0 Å². The van der Waals surface area contributed by atoms with Crippen LogP contribution in [-0.4, -0.2) is 0 Å². The number of hydrogen-bond acceptors (Lipinski definition) is 1. The molecular weight excluding hydrogens is 735 g/mol. The van der Waals surface area contributed by atoms with Crippen LogP contribution in [0.1, 0.15) is 47.2 Å². The molecule has 288 valence electrons. The number of benzene rings is 10. The van der Waals surface area contributed by atoms with Crippen LogP contribution < -0.4 is 4.90 Å². The molecule has 0 amide bonds. The number of fused-ring (bicyclic) bond motifs is 9. The van der Waals surface area contributed by atoms with Gasteiger partial charge in [-0.25, -0.2) is 0 Å². The van der Waals surface area contributed by atoms with Gasteiger partial charge in [-0.1, -0.05) is 202 Å². The Morgan fingerprint density at radius 2 is 0.951 bits per heavy atom. The van der Waals surface area contributed by atoms with E-state index in [1.54, 1.807) is 0 Å². The van der Waals surface area contributed by atoms with Crippen molar-refractivity contribution in [1.82, 2.24) is 0 Å². The van der Waals surface area contributed by atoms with Crippen LogP contribution in [0.4, 0.5) is 17.1 Å². The summed E-state index contributed by atoms with van der Waals surface area (Å²) in [6.45, 7) is 4.83. The highest BCUT2D eigenvalue weighted by molar-refractivity contribution is 6.07. The summed E-state index contributed by atoms with van der Waals surface area (Å²) in [7, 11) is 0. The first-order chi connectivity index (χ1) is 30.0. The summed E-state index contributed by atoms with van der Waals surface area (Å²) in [6, 6.07) is 83.7. The molecule has 0 bridgehead atoms. The molecule has 1 heteroatoms. The van der Waals surface area contributed by atoms with E-state index in [0.29, 0.717) is 0 Å². The normalized spacial score (nSPS) is 14.0. The van der Waals surface area contributed by atoms with E-state index in [4.69, 9.17) is 0 Å². The maximum Gasteiger partial charge on any atom is 0.0714 e. The topological polar surface area (TPSA) is 3.24 Å². The second-order valence-corrected chi connectivity index (χ2v) is 17.2. The van der Waals surface area contributed by atoms with Gasteiger partial charge in [0.15, 0.2) is 0 Å². The third kappa shape index (κ3) is 5.20. The zero-order valence-electron chi connectivity index (χ0n) is 34.3. The van der Waals surface area contributed by atoms with Gasteiger partial charge in [-0.15, -0.1) is 0 Å². The third-order valence-corrected chi connectivity index (χ3v) is 13.7. The van der Waals surface area contributed by atoms with Crippen LogP contribution in [0.15, 0.2) is 224 Å². The van der Waals surface area contributed by atoms with Gasteiger partial charge in [0.1, 0.15) is 0 Å². The fraction of sp³-hybridized carbons (Fsp3) is 0.0667. The number of rotatable bonds is 6. The van der Waals surface area contributed by atoms with Gasteiger partial charge in [-0.2, -0.15) is 0 Å². The van der Waals surface area contributed by atoms with E-state index in [1.165, 1.54) is 94.0 Å². The maximum absolute atomic E-state index is 2.56. The molecule has 0 heterocycles. The van der Waals surface area contributed by atoms with E-state index < -0.39 is 5.41 Å². The summed E-state index contributed by atoms with van der Waals surface area (Å²) in [4.78, 5) is 2.56. The Labute approximate surface area is 357 Å². The van der Waals surface area contributed by atoms with E-state index in [0.717, 1.165) is 11.4 Å². The van der Waals surface area contributed by atoms with Crippen molar-refractivity contribution in [3.8, 4) is 33.4 Å². The van der Waals surface area contributed by atoms with Crippen LogP contribution in [0.25, 0.3) is 54.9 Å². The van der Waals surface area contributed by atoms with Gasteiger partial charge in [0.25, 0.3) is 0 Å². The van der Waals surface area contributed by atoms with Crippen LogP contribution in [0.3, 0.4) is 0 Å². The van der Waals surface area contributed by atoms with Crippen molar-refractivity contribution in [1.29, 1.82) is 0 Å². The fourth-order valence-electron chi connectivity index (χ4n) is 11.0. The molecular formula is C60H43N. The number of nitrogens with zero attached hydrogens (tertiary/aromatic N) is 1. The molecule has 0 aliphatic heterocycles. The lowest BCUT2D eigenvalue weighted by Crippen LogP contribution is -2.28. The maximum atomic E-state index is 2.56. The Morgan fingerprint density at radius 3 is 1.70 bits per heavy atom. The Balaban J connectivity index is 1.19. The lowest BCUT2D eigenvalue weighted by atomic mass is 9.67. The minimum absolute atomic E-state index is 0.236.